The molecule has 1 rings (SSSR count). The monoisotopic (exact) mass is 360 g/mol. The van der Waals surface area contributed by atoms with Crippen LogP contribution in [0.2, 0.25) is 0 Å². The van der Waals surface area contributed by atoms with Crippen LogP contribution in [0.5, 0.6) is 5.75 Å². The average molecular weight is 360 g/mol. The number of amides is 2. The molecule has 0 spiro atoms. The lowest BCUT2D eigenvalue weighted by molar-refractivity contribution is -0.189. The zero-order chi connectivity index (χ0) is 19.2. The van der Waals surface area contributed by atoms with Gasteiger partial charge in [0.15, 0.2) is 5.96 Å². The van der Waals surface area contributed by atoms with Crippen molar-refractivity contribution in [3.63, 3.8) is 0 Å². The van der Waals surface area contributed by atoms with Gasteiger partial charge in [0, 0.05) is 12.2 Å². The van der Waals surface area contributed by atoms with E-state index in [4.69, 9.17) is 5.41 Å². The standard InChI is InChI=1S/C15H19F3N4O3/c1-4-5-20-13(19)22-14(24)21-11-8(2)6-10(7-9(11)3)25-12(23)15(16,17)18/h6-7H,4-5H2,1-3H3,(H4,19,20,21,22,24). The van der Waals surface area contributed by atoms with Gasteiger partial charge in [-0.3, -0.25) is 10.7 Å². The lowest BCUT2D eigenvalue weighted by atomic mass is 10.1. The Labute approximate surface area is 142 Å². The number of carbonyl (C=O) groups is 2. The SMILES string of the molecule is CCCNC(=N)NC(=O)Nc1c(C)cc(OC(=O)C(F)(F)F)cc1C. The highest BCUT2D eigenvalue weighted by Gasteiger charge is 2.41. The molecule has 2 amide bonds. The summed E-state index contributed by atoms with van der Waals surface area (Å²) in [5, 5.41) is 15.0. The number of halogens is 3. The van der Waals surface area contributed by atoms with Crippen LogP contribution in [0.4, 0.5) is 23.7 Å². The third-order valence-electron chi connectivity index (χ3n) is 2.98. The summed E-state index contributed by atoms with van der Waals surface area (Å²) in [6.45, 7) is 5.50. The highest BCUT2D eigenvalue weighted by atomic mass is 19.4. The van der Waals surface area contributed by atoms with Crippen LogP contribution < -0.4 is 20.7 Å². The predicted molar refractivity (Wildman–Crippen MR) is 85.8 cm³/mol. The molecule has 1 aromatic carbocycles. The average Bonchev–Trinajstić information content (AvgIpc) is 2.48. The van der Waals surface area contributed by atoms with Crippen LogP contribution in [0.1, 0.15) is 24.5 Å². The van der Waals surface area contributed by atoms with Crippen molar-refractivity contribution in [2.75, 3.05) is 11.9 Å². The third kappa shape index (κ3) is 6.32. The Kier molecular flexibility index (Phi) is 6.77. The van der Waals surface area contributed by atoms with Crippen molar-refractivity contribution in [2.45, 2.75) is 33.4 Å². The molecule has 10 heteroatoms. The Hall–Kier alpha value is -2.78. The van der Waals surface area contributed by atoms with Crippen LogP contribution in [0.15, 0.2) is 12.1 Å². The zero-order valence-electron chi connectivity index (χ0n) is 13.9. The lowest BCUT2D eigenvalue weighted by Gasteiger charge is -2.15. The zero-order valence-corrected chi connectivity index (χ0v) is 13.9. The van der Waals surface area contributed by atoms with Gasteiger partial charge in [0.1, 0.15) is 5.75 Å². The molecule has 0 saturated carbocycles. The molecular weight excluding hydrogens is 341 g/mol. The second-order valence-corrected chi connectivity index (χ2v) is 5.20. The van der Waals surface area contributed by atoms with Gasteiger partial charge >= 0.3 is 18.2 Å². The number of alkyl halides is 3. The van der Waals surface area contributed by atoms with Gasteiger partial charge in [-0.05, 0) is 43.5 Å². The molecule has 0 radical (unpaired) electrons. The molecule has 0 heterocycles. The van der Waals surface area contributed by atoms with E-state index in [-0.39, 0.29) is 11.7 Å². The van der Waals surface area contributed by atoms with E-state index >= 15 is 0 Å². The molecule has 0 aromatic heterocycles. The van der Waals surface area contributed by atoms with E-state index in [0.29, 0.717) is 23.4 Å². The van der Waals surface area contributed by atoms with Crippen LogP contribution in [-0.4, -0.2) is 30.7 Å². The first-order chi connectivity index (χ1) is 11.5. The topological polar surface area (TPSA) is 103 Å². The summed E-state index contributed by atoms with van der Waals surface area (Å²) in [7, 11) is 0. The molecule has 0 bridgehead atoms. The number of nitrogens with one attached hydrogen (secondary N) is 4. The van der Waals surface area contributed by atoms with Gasteiger partial charge in [-0.25, -0.2) is 9.59 Å². The minimum atomic E-state index is -5.09. The molecule has 25 heavy (non-hydrogen) atoms. The maximum absolute atomic E-state index is 12.2. The molecule has 0 aliphatic heterocycles. The first-order valence-electron chi connectivity index (χ1n) is 7.35. The summed E-state index contributed by atoms with van der Waals surface area (Å²) in [4.78, 5) is 22.7. The number of rotatable bonds is 4. The summed E-state index contributed by atoms with van der Waals surface area (Å²) in [5.74, 6) is -2.77. The number of benzene rings is 1. The molecule has 0 aliphatic carbocycles. The van der Waals surface area contributed by atoms with Gasteiger partial charge < -0.3 is 15.4 Å². The fourth-order valence-corrected chi connectivity index (χ4v) is 1.90. The Bertz CT molecular complexity index is 651. The number of aryl methyl sites for hydroxylation is 2. The van der Waals surface area contributed by atoms with Gasteiger partial charge in [-0.2, -0.15) is 13.2 Å². The summed E-state index contributed by atoms with van der Waals surface area (Å²) >= 11 is 0. The van der Waals surface area contributed by atoms with E-state index in [1.165, 1.54) is 26.0 Å². The summed E-state index contributed by atoms with van der Waals surface area (Å²) in [5.41, 5.74) is 1.13. The number of hydrogen-bond acceptors (Lipinski definition) is 4. The summed E-state index contributed by atoms with van der Waals surface area (Å²) in [6, 6.07) is 1.72. The van der Waals surface area contributed by atoms with Crippen LogP contribution in [-0.2, 0) is 4.79 Å². The smallest absolute Gasteiger partial charge is 0.420 e. The largest absolute Gasteiger partial charge is 0.491 e. The third-order valence-corrected chi connectivity index (χ3v) is 2.98. The summed E-state index contributed by atoms with van der Waals surface area (Å²) < 4.78 is 41.0. The second kappa shape index (κ2) is 8.36. The van der Waals surface area contributed by atoms with E-state index in [1.807, 2.05) is 6.92 Å². The first kappa shape index (κ1) is 20.3. The number of anilines is 1. The number of urea groups is 1. The normalized spacial score (nSPS) is 10.8. The number of guanidine groups is 1. The Morgan fingerprint density at radius 1 is 1.20 bits per heavy atom. The van der Waals surface area contributed by atoms with Crippen LogP contribution >= 0.6 is 0 Å². The second-order valence-electron chi connectivity index (χ2n) is 5.20. The molecule has 0 fully saturated rings. The molecule has 7 nitrogen and oxygen atoms in total. The van der Waals surface area contributed by atoms with Crippen molar-refractivity contribution in [1.29, 1.82) is 5.41 Å². The molecule has 138 valence electrons. The van der Waals surface area contributed by atoms with Crippen molar-refractivity contribution < 1.29 is 27.5 Å². The number of esters is 1. The van der Waals surface area contributed by atoms with E-state index in [9.17, 15) is 22.8 Å². The molecule has 0 unspecified atom stereocenters. The molecular formula is C15H19F3N4O3. The van der Waals surface area contributed by atoms with Crippen LogP contribution in [0.25, 0.3) is 0 Å². The van der Waals surface area contributed by atoms with E-state index in [0.717, 1.165) is 6.42 Å². The van der Waals surface area contributed by atoms with Gasteiger partial charge in [-0.15, -0.1) is 0 Å². The molecule has 0 saturated heterocycles. The fraction of sp³-hybridized carbons (Fsp3) is 0.400. The highest BCUT2D eigenvalue weighted by molar-refractivity contribution is 6.02. The van der Waals surface area contributed by atoms with Crippen molar-refractivity contribution in [2.24, 2.45) is 0 Å². The highest BCUT2D eigenvalue weighted by Crippen LogP contribution is 2.28. The fourth-order valence-electron chi connectivity index (χ4n) is 1.90. The summed E-state index contributed by atoms with van der Waals surface area (Å²) in [6.07, 6.45) is -4.31. The van der Waals surface area contributed by atoms with Gasteiger partial charge in [-0.1, -0.05) is 6.92 Å². The van der Waals surface area contributed by atoms with Crippen LogP contribution in [0.3, 0.4) is 0 Å². The predicted octanol–water partition coefficient (Wildman–Crippen LogP) is 2.83. The Morgan fingerprint density at radius 3 is 2.24 bits per heavy atom. The maximum atomic E-state index is 12.2. The first-order valence-corrected chi connectivity index (χ1v) is 7.35. The van der Waals surface area contributed by atoms with Gasteiger partial charge in [0.25, 0.3) is 0 Å². The van der Waals surface area contributed by atoms with Gasteiger partial charge in [0.2, 0.25) is 0 Å². The van der Waals surface area contributed by atoms with Crippen molar-refractivity contribution in [1.82, 2.24) is 10.6 Å². The molecule has 0 aliphatic rings. The van der Waals surface area contributed by atoms with E-state index in [1.54, 1.807) is 0 Å². The molecule has 1 aromatic rings. The minimum absolute atomic E-state index is 0.176. The Balaban J connectivity index is 2.81. The molecule has 0 atom stereocenters. The van der Waals surface area contributed by atoms with E-state index < -0.39 is 18.2 Å². The van der Waals surface area contributed by atoms with Crippen molar-refractivity contribution in [3.8, 4) is 5.75 Å². The van der Waals surface area contributed by atoms with Crippen molar-refractivity contribution >= 4 is 23.6 Å². The van der Waals surface area contributed by atoms with E-state index in [2.05, 4.69) is 20.7 Å². The van der Waals surface area contributed by atoms with Crippen molar-refractivity contribution in [3.05, 3.63) is 23.3 Å². The minimum Gasteiger partial charge on any atom is -0.420 e. The number of hydrogen-bond donors (Lipinski definition) is 4. The molecule has 4 N–H and O–H groups in total. The van der Waals surface area contributed by atoms with Crippen LogP contribution in [0, 0.1) is 19.3 Å². The number of ether oxygens (including phenoxy) is 1. The lowest BCUT2D eigenvalue weighted by Crippen LogP contribution is -2.42. The maximum Gasteiger partial charge on any atom is 0.491 e. The number of carbonyl (C=O) groups excluding carboxylic acids is 2. The Morgan fingerprint density at radius 2 is 1.76 bits per heavy atom. The quantitative estimate of drug-likeness (QED) is 0.287. The van der Waals surface area contributed by atoms with Gasteiger partial charge in [0.05, 0.1) is 0 Å².